The monoisotopic (exact) mass is 434 g/mol. The van der Waals surface area contributed by atoms with Crippen LogP contribution in [0.1, 0.15) is 42.2 Å². The summed E-state index contributed by atoms with van der Waals surface area (Å²) in [4.78, 5) is 23.9. The van der Waals surface area contributed by atoms with Gasteiger partial charge in [-0.05, 0) is 29.8 Å². The van der Waals surface area contributed by atoms with Crippen LogP contribution < -0.4 is 4.74 Å². The van der Waals surface area contributed by atoms with Crippen LogP contribution in [0, 0.1) is 0 Å². The predicted molar refractivity (Wildman–Crippen MR) is 122 cm³/mol. The first-order valence-electron chi connectivity index (χ1n) is 11.1. The fourth-order valence-corrected chi connectivity index (χ4v) is 4.05. The van der Waals surface area contributed by atoms with Crippen LogP contribution in [0.15, 0.2) is 54.9 Å². The lowest BCUT2D eigenvalue weighted by atomic mass is 10.1. The van der Waals surface area contributed by atoms with E-state index in [2.05, 4.69) is 22.5 Å². The Hall–Kier alpha value is -3.19. The Kier molecular flexibility index (Phi) is 7.17. The molecule has 3 heterocycles. The van der Waals surface area contributed by atoms with Crippen molar-refractivity contribution >= 4 is 5.91 Å². The molecule has 1 aliphatic rings. The minimum absolute atomic E-state index is 0.140. The highest BCUT2D eigenvalue weighted by atomic mass is 16.5. The van der Waals surface area contributed by atoms with Crippen molar-refractivity contribution in [3.63, 3.8) is 0 Å². The largest absolute Gasteiger partial charge is 0.497 e. The van der Waals surface area contributed by atoms with E-state index in [0.717, 1.165) is 34.9 Å². The molecular weight excluding hydrogens is 404 g/mol. The van der Waals surface area contributed by atoms with Crippen molar-refractivity contribution in [2.24, 2.45) is 0 Å². The summed E-state index contributed by atoms with van der Waals surface area (Å²) in [6.07, 6.45) is 5.55. The van der Waals surface area contributed by atoms with Crippen molar-refractivity contribution in [1.82, 2.24) is 19.4 Å². The van der Waals surface area contributed by atoms with Gasteiger partial charge in [-0.3, -0.25) is 9.78 Å². The van der Waals surface area contributed by atoms with Crippen molar-refractivity contribution in [2.75, 3.05) is 26.8 Å². The summed E-state index contributed by atoms with van der Waals surface area (Å²) in [6, 6.07) is 14.0. The number of hydrogen-bond acceptors (Lipinski definition) is 5. The SMILES string of the molecule is CCc1nccn1CCC(=O)N1CCO[C@@H](c2cccc(Cc3cccc(OC)c3)n2)C1. The highest BCUT2D eigenvalue weighted by Gasteiger charge is 2.26. The van der Waals surface area contributed by atoms with E-state index < -0.39 is 0 Å². The Labute approximate surface area is 189 Å². The summed E-state index contributed by atoms with van der Waals surface area (Å²) in [5.74, 6) is 1.99. The second kappa shape index (κ2) is 10.4. The van der Waals surface area contributed by atoms with E-state index in [-0.39, 0.29) is 12.0 Å². The molecule has 0 bridgehead atoms. The van der Waals surface area contributed by atoms with E-state index in [4.69, 9.17) is 14.5 Å². The molecule has 0 unspecified atom stereocenters. The average molecular weight is 435 g/mol. The van der Waals surface area contributed by atoms with Crippen LogP contribution in [0.2, 0.25) is 0 Å². The molecule has 2 aromatic heterocycles. The maximum Gasteiger partial charge on any atom is 0.224 e. The Morgan fingerprint density at radius 2 is 2.12 bits per heavy atom. The van der Waals surface area contributed by atoms with Crippen LogP contribution in [0.5, 0.6) is 5.75 Å². The van der Waals surface area contributed by atoms with Crippen LogP contribution in [-0.4, -0.2) is 52.1 Å². The summed E-state index contributed by atoms with van der Waals surface area (Å²) >= 11 is 0. The topological polar surface area (TPSA) is 69.5 Å². The Balaban J connectivity index is 1.38. The molecule has 1 aliphatic heterocycles. The first-order chi connectivity index (χ1) is 15.7. The average Bonchev–Trinajstić information content (AvgIpc) is 3.30. The maximum absolute atomic E-state index is 12.8. The summed E-state index contributed by atoms with van der Waals surface area (Å²) in [5, 5.41) is 0. The van der Waals surface area contributed by atoms with E-state index >= 15 is 0 Å². The van der Waals surface area contributed by atoms with E-state index in [9.17, 15) is 4.79 Å². The number of imidazole rings is 1. The van der Waals surface area contributed by atoms with Crippen LogP contribution in [0.3, 0.4) is 0 Å². The summed E-state index contributed by atoms with van der Waals surface area (Å²) in [6.45, 7) is 4.38. The normalized spacial score (nSPS) is 16.2. The Morgan fingerprint density at radius 1 is 1.25 bits per heavy atom. The molecule has 32 heavy (non-hydrogen) atoms. The zero-order valence-electron chi connectivity index (χ0n) is 18.7. The quantitative estimate of drug-likeness (QED) is 0.543. The van der Waals surface area contributed by atoms with E-state index in [1.54, 1.807) is 13.3 Å². The molecular formula is C25H30N4O3. The van der Waals surface area contributed by atoms with Gasteiger partial charge in [0.25, 0.3) is 0 Å². The van der Waals surface area contributed by atoms with Crippen LogP contribution in [0.4, 0.5) is 0 Å². The number of amides is 1. The number of pyridine rings is 1. The third kappa shape index (κ3) is 5.34. The summed E-state index contributed by atoms with van der Waals surface area (Å²) in [5.41, 5.74) is 2.97. The van der Waals surface area contributed by atoms with Gasteiger partial charge in [-0.1, -0.05) is 25.1 Å². The van der Waals surface area contributed by atoms with Crippen molar-refractivity contribution in [1.29, 1.82) is 0 Å². The molecule has 1 amide bonds. The van der Waals surface area contributed by atoms with Crippen LogP contribution in [0.25, 0.3) is 0 Å². The van der Waals surface area contributed by atoms with Gasteiger partial charge in [0, 0.05) is 50.4 Å². The maximum atomic E-state index is 12.8. The summed E-state index contributed by atoms with van der Waals surface area (Å²) in [7, 11) is 1.67. The fraction of sp³-hybridized carbons (Fsp3) is 0.400. The highest BCUT2D eigenvalue weighted by Crippen LogP contribution is 2.23. The lowest BCUT2D eigenvalue weighted by Gasteiger charge is -2.33. The van der Waals surface area contributed by atoms with Crippen molar-refractivity contribution in [3.8, 4) is 5.75 Å². The number of benzene rings is 1. The Morgan fingerprint density at radius 3 is 2.97 bits per heavy atom. The predicted octanol–water partition coefficient (Wildman–Crippen LogP) is 3.43. The van der Waals surface area contributed by atoms with Crippen molar-refractivity contribution < 1.29 is 14.3 Å². The second-order valence-electron chi connectivity index (χ2n) is 7.92. The number of carbonyl (C=O) groups is 1. The van der Waals surface area contributed by atoms with Gasteiger partial charge >= 0.3 is 0 Å². The van der Waals surface area contributed by atoms with Gasteiger partial charge in [0.2, 0.25) is 5.91 Å². The number of carbonyl (C=O) groups excluding carboxylic acids is 1. The fourth-order valence-electron chi connectivity index (χ4n) is 4.05. The zero-order chi connectivity index (χ0) is 22.3. The Bertz CT molecular complexity index is 1050. The van der Waals surface area contributed by atoms with Gasteiger partial charge in [-0.2, -0.15) is 0 Å². The van der Waals surface area contributed by atoms with Gasteiger partial charge < -0.3 is 18.9 Å². The first kappa shape index (κ1) is 22.0. The third-order valence-electron chi connectivity index (χ3n) is 5.78. The number of aryl methyl sites for hydroxylation is 2. The number of rotatable bonds is 8. The minimum atomic E-state index is -0.211. The molecule has 0 radical (unpaired) electrons. The van der Waals surface area contributed by atoms with Crippen molar-refractivity contribution in [3.05, 3.63) is 77.6 Å². The number of ether oxygens (including phenoxy) is 2. The molecule has 7 nitrogen and oxygen atoms in total. The molecule has 3 aromatic rings. The number of methoxy groups -OCH3 is 1. The van der Waals surface area contributed by atoms with E-state index in [1.807, 2.05) is 47.5 Å². The zero-order valence-corrected chi connectivity index (χ0v) is 18.7. The number of nitrogens with zero attached hydrogens (tertiary/aromatic N) is 4. The lowest BCUT2D eigenvalue weighted by Crippen LogP contribution is -2.42. The van der Waals surface area contributed by atoms with Crippen molar-refractivity contribution in [2.45, 2.75) is 38.8 Å². The molecule has 1 aromatic carbocycles. The van der Waals surface area contributed by atoms with Gasteiger partial charge in [0.1, 0.15) is 17.7 Å². The molecule has 1 fully saturated rings. The van der Waals surface area contributed by atoms with Crippen LogP contribution in [-0.2, 0) is 28.9 Å². The van der Waals surface area contributed by atoms with E-state index in [1.165, 1.54) is 0 Å². The van der Waals surface area contributed by atoms with Gasteiger partial charge in [0.15, 0.2) is 0 Å². The molecule has 0 aliphatic carbocycles. The van der Waals surface area contributed by atoms with Crippen LogP contribution >= 0.6 is 0 Å². The molecule has 0 spiro atoms. The molecule has 168 valence electrons. The molecule has 1 atom stereocenters. The molecule has 1 saturated heterocycles. The van der Waals surface area contributed by atoms with Gasteiger partial charge in [0.05, 0.1) is 26.0 Å². The number of hydrogen-bond donors (Lipinski definition) is 0. The molecule has 7 heteroatoms. The number of morpholine rings is 1. The van der Waals surface area contributed by atoms with Gasteiger partial charge in [-0.15, -0.1) is 0 Å². The van der Waals surface area contributed by atoms with E-state index in [0.29, 0.717) is 39.1 Å². The molecule has 0 N–H and O–H groups in total. The standard InChI is InChI=1S/C25H30N4O3/c1-3-24-26-11-13-28(24)12-10-25(30)29-14-15-32-23(18-29)22-9-5-7-20(27-22)16-19-6-4-8-21(17-19)31-2/h4-9,11,13,17,23H,3,10,12,14-16,18H2,1-2H3/t23-/m1/s1. The number of aromatic nitrogens is 3. The first-order valence-corrected chi connectivity index (χ1v) is 11.1. The minimum Gasteiger partial charge on any atom is -0.497 e. The summed E-state index contributed by atoms with van der Waals surface area (Å²) < 4.78 is 13.4. The molecule has 4 rings (SSSR count). The smallest absolute Gasteiger partial charge is 0.224 e. The lowest BCUT2D eigenvalue weighted by molar-refractivity contribution is -0.139. The second-order valence-corrected chi connectivity index (χ2v) is 7.92. The highest BCUT2D eigenvalue weighted by molar-refractivity contribution is 5.76. The van der Waals surface area contributed by atoms with Gasteiger partial charge in [-0.25, -0.2) is 4.98 Å². The molecule has 0 saturated carbocycles. The third-order valence-corrected chi connectivity index (χ3v) is 5.78.